The summed E-state index contributed by atoms with van der Waals surface area (Å²) in [4.78, 5) is 12.4. The van der Waals surface area contributed by atoms with Gasteiger partial charge in [-0.2, -0.15) is 0 Å². The van der Waals surface area contributed by atoms with Gasteiger partial charge < -0.3 is 10.1 Å². The van der Waals surface area contributed by atoms with Gasteiger partial charge in [-0.25, -0.2) is 0 Å². The Balaban J connectivity index is 0.00000176. The lowest BCUT2D eigenvalue weighted by Crippen LogP contribution is -2.34. The predicted octanol–water partition coefficient (Wildman–Crippen LogP) is 4.08. The Morgan fingerprint density at radius 3 is 2.32 bits per heavy atom. The van der Waals surface area contributed by atoms with Crippen LogP contribution in [0.2, 0.25) is 0 Å². The van der Waals surface area contributed by atoms with Crippen molar-refractivity contribution in [1.29, 1.82) is 0 Å². The van der Waals surface area contributed by atoms with Gasteiger partial charge in [0.05, 0.1) is 0 Å². The first kappa shape index (κ1) is 16.5. The fourth-order valence-corrected chi connectivity index (χ4v) is 2.62. The minimum atomic E-state index is 0. The highest BCUT2D eigenvalue weighted by atomic mass is 35.5. The summed E-state index contributed by atoms with van der Waals surface area (Å²) in [7, 11) is 0. The minimum Gasteiger partial charge on any atom is -0.457 e. The third-order valence-corrected chi connectivity index (χ3v) is 3.79. The number of hydrogen-bond acceptors (Lipinski definition) is 3. The van der Waals surface area contributed by atoms with E-state index in [1.54, 1.807) is 0 Å². The first-order valence-electron chi connectivity index (χ1n) is 7.41. The second-order valence-corrected chi connectivity index (χ2v) is 5.35. The molecule has 1 N–H and O–H groups in total. The molecule has 2 aromatic carbocycles. The quantitative estimate of drug-likeness (QED) is 0.863. The third kappa shape index (κ3) is 4.09. The van der Waals surface area contributed by atoms with Crippen LogP contribution in [0.15, 0.2) is 54.6 Å². The lowest BCUT2D eigenvalue weighted by molar-refractivity contribution is 0.0899. The van der Waals surface area contributed by atoms with E-state index in [2.05, 4.69) is 5.32 Å². The second kappa shape index (κ2) is 7.97. The maximum Gasteiger partial charge on any atom is 0.167 e. The van der Waals surface area contributed by atoms with Crippen LogP contribution >= 0.6 is 12.4 Å². The molecule has 3 rings (SSSR count). The van der Waals surface area contributed by atoms with Crippen molar-refractivity contribution in [1.82, 2.24) is 5.32 Å². The molecule has 1 aliphatic heterocycles. The lowest BCUT2D eigenvalue weighted by Gasteiger charge is -2.21. The number of rotatable bonds is 4. The molecule has 0 amide bonds. The van der Waals surface area contributed by atoms with Crippen LogP contribution in [0, 0.1) is 5.92 Å². The number of nitrogens with one attached hydrogen (secondary N) is 1. The van der Waals surface area contributed by atoms with Gasteiger partial charge >= 0.3 is 0 Å². The zero-order valence-electron chi connectivity index (χ0n) is 12.3. The maximum absolute atomic E-state index is 12.4. The Labute approximate surface area is 137 Å². The summed E-state index contributed by atoms with van der Waals surface area (Å²) in [6, 6.07) is 17.1. The van der Waals surface area contributed by atoms with Crippen molar-refractivity contribution in [3.8, 4) is 11.5 Å². The van der Waals surface area contributed by atoms with Crippen LogP contribution in [0.5, 0.6) is 11.5 Å². The van der Waals surface area contributed by atoms with Gasteiger partial charge in [0.1, 0.15) is 11.5 Å². The van der Waals surface area contributed by atoms with Gasteiger partial charge in [0.2, 0.25) is 0 Å². The molecule has 0 saturated carbocycles. The van der Waals surface area contributed by atoms with Crippen molar-refractivity contribution >= 4 is 18.2 Å². The zero-order chi connectivity index (χ0) is 14.5. The van der Waals surface area contributed by atoms with Gasteiger partial charge in [-0.1, -0.05) is 18.2 Å². The third-order valence-electron chi connectivity index (χ3n) is 3.79. The minimum absolute atomic E-state index is 0. The van der Waals surface area contributed by atoms with Gasteiger partial charge in [-0.3, -0.25) is 4.79 Å². The van der Waals surface area contributed by atoms with Crippen LogP contribution in [0.25, 0.3) is 0 Å². The van der Waals surface area contributed by atoms with Crippen LogP contribution in [-0.4, -0.2) is 18.9 Å². The smallest absolute Gasteiger partial charge is 0.167 e. The van der Waals surface area contributed by atoms with Crippen LogP contribution in [0.1, 0.15) is 23.2 Å². The Morgan fingerprint density at radius 2 is 1.68 bits per heavy atom. The number of ketones is 1. The number of hydrogen-bond donors (Lipinski definition) is 1. The summed E-state index contributed by atoms with van der Waals surface area (Å²) < 4.78 is 5.73. The summed E-state index contributed by atoms with van der Waals surface area (Å²) in [5.41, 5.74) is 0.768. The number of piperidine rings is 1. The number of benzene rings is 2. The topological polar surface area (TPSA) is 38.3 Å². The highest BCUT2D eigenvalue weighted by Crippen LogP contribution is 2.23. The van der Waals surface area contributed by atoms with E-state index >= 15 is 0 Å². The summed E-state index contributed by atoms with van der Waals surface area (Å²) in [5.74, 6) is 1.89. The first-order valence-corrected chi connectivity index (χ1v) is 7.41. The van der Waals surface area contributed by atoms with E-state index in [0.29, 0.717) is 0 Å². The lowest BCUT2D eigenvalue weighted by atomic mass is 9.91. The summed E-state index contributed by atoms with van der Waals surface area (Å²) in [6.07, 6.45) is 2.06. The summed E-state index contributed by atoms with van der Waals surface area (Å²) in [5, 5.41) is 3.28. The number of carbonyl (C=O) groups is 1. The van der Waals surface area contributed by atoms with E-state index in [4.69, 9.17) is 4.74 Å². The molecule has 3 nitrogen and oxygen atoms in total. The number of halogens is 1. The SMILES string of the molecule is Cl.O=C(c1ccc(Oc2ccccc2)cc1)C1CCCNC1. The average Bonchev–Trinajstić information content (AvgIpc) is 2.57. The van der Waals surface area contributed by atoms with Crippen molar-refractivity contribution < 1.29 is 9.53 Å². The van der Waals surface area contributed by atoms with Gasteiger partial charge in [0, 0.05) is 18.0 Å². The maximum atomic E-state index is 12.4. The van der Waals surface area contributed by atoms with Crippen molar-refractivity contribution in [2.45, 2.75) is 12.8 Å². The molecule has 0 aromatic heterocycles. The molecule has 2 aromatic rings. The average molecular weight is 318 g/mol. The fraction of sp³-hybridized carbons (Fsp3) is 0.278. The molecule has 1 atom stereocenters. The van der Waals surface area contributed by atoms with Gasteiger partial charge in [-0.15, -0.1) is 12.4 Å². The molecule has 1 fully saturated rings. The van der Waals surface area contributed by atoms with E-state index < -0.39 is 0 Å². The van der Waals surface area contributed by atoms with Crippen LogP contribution in [-0.2, 0) is 0 Å². The molecule has 1 heterocycles. The van der Waals surface area contributed by atoms with Crippen molar-refractivity contribution in [3.63, 3.8) is 0 Å². The molecule has 116 valence electrons. The van der Waals surface area contributed by atoms with E-state index in [1.807, 2.05) is 54.6 Å². The Hall–Kier alpha value is -1.84. The number of para-hydroxylation sites is 1. The van der Waals surface area contributed by atoms with Crippen molar-refractivity contribution in [2.24, 2.45) is 5.92 Å². The second-order valence-electron chi connectivity index (χ2n) is 5.35. The molecule has 0 bridgehead atoms. The molecule has 1 saturated heterocycles. The highest BCUT2D eigenvalue weighted by molar-refractivity contribution is 5.98. The van der Waals surface area contributed by atoms with Gasteiger partial charge in [0.25, 0.3) is 0 Å². The monoisotopic (exact) mass is 317 g/mol. The van der Waals surface area contributed by atoms with E-state index in [0.717, 1.165) is 43.0 Å². The fourth-order valence-electron chi connectivity index (χ4n) is 2.62. The van der Waals surface area contributed by atoms with Crippen LogP contribution in [0.3, 0.4) is 0 Å². The van der Waals surface area contributed by atoms with Gasteiger partial charge in [-0.05, 0) is 55.8 Å². The Kier molecular flexibility index (Phi) is 5.99. The molecular formula is C18H20ClNO2. The van der Waals surface area contributed by atoms with Crippen molar-refractivity contribution in [3.05, 3.63) is 60.2 Å². The van der Waals surface area contributed by atoms with Gasteiger partial charge in [0.15, 0.2) is 5.78 Å². The normalized spacial score (nSPS) is 17.4. The first-order chi connectivity index (χ1) is 10.3. The number of ether oxygens (including phenoxy) is 1. The molecule has 22 heavy (non-hydrogen) atoms. The van der Waals surface area contributed by atoms with Crippen LogP contribution in [0.4, 0.5) is 0 Å². The molecule has 0 spiro atoms. The van der Waals surface area contributed by atoms with E-state index in [9.17, 15) is 4.79 Å². The van der Waals surface area contributed by atoms with Crippen molar-refractivity contribution in [2.75, 3.05) is 13.1 Å². The zero-order valence-corrected chi connectivity index (χ0v) is 13.1. The largest absolute Gasteiger partial charge is 0.457 e. The van der Waals surface area contributed by atoms with E-state index in [-0.39, 0.29) is 24.1 Å². The molecule has 4 heteroatoms. The molecule has 1 aliphatic rings. The molecule has 1 unspecified atom stereocenters. The summed E-state index contributed by atoms with van der Waals surface area (Å²) in [6.45, 7) is 1.81. The number of Topliss-reactive ketones (excluding diaryl/α,β-unsaturated/α-hetero) is 1. The molecular weight excluding hydrogens is 298 g/mol. The Morgan fingerprint density at radius 1 is 1.00 bits per heavy atom. The highest BCUT2D eigenvalue weighted by Gasteiger charge is 2.21. The van der Waals surface area contributed by atoms with Crippen LogP contribution < -0.4 is 10.1 Å². The Bertz CT molecular complexity index is 592. The number of carbonyl (C=O) groups excluding carboxylic acids is 1. The molecule has 0 aliphatic carbocycles. The predicted molar refractivity (Wildman–Crippen MR) is 90.1 cm³/mol. The summed E-state index contributed by atoms with van der Waals surface area (Å²) >= 11 is 0. The molecule has 0 radical (unpaired) electrons. The van der Waals surface area contributed by atoms with E-state index in [1.165, 1.54) is 0 Å². The standard InChI is InChI=1S/C18H19NO2.ClH/c20-18(15-5-4-12-19-13-15)14-8-10-17(11-9-14)21-16-6-2-1-3-7-16;/h1-3,6-11,15,19H,4-5,12-13H2;1H.